The molecule has 13 heavy (non-hydrogen) atoms. The predicted molar refractivity (Wildman–Crippen MR) is 50.3 cm³/mol. The summed E-state index contributed by atoms with van der Waals surface area (Å²) in [6.45, 7) is 7.95. The van der Waals surface area contributed by atoms with Crippen molar-refractivity contribution in [2.75, 3.05) is 19.8 Å². The SMILES string of the molecule is CC(C)(C)C1OCC(CCO)CO1. The van der Waals surface area contributed by atoms with Gasteiger partial charge in [0.1, 0.15) is 0 Å². The third-order valence-corrected chi connectivity index (χ3v) is 2.21. The molecule has 0 aromatic rings. The van der Waals surface area contributed by atoms with Gasteiger partial charge in [0.25, 0.3) is 0 Å². The minimum atomic E-state index is -0.0950. The first kappa shape index (κ1) is 11.0. The average molecular weight is 188 g/mol. The third-order valence-electron chi connectivity index (χ3n) is 2.21. The summed E-state index contributed by atoms with van der Waals surface area (Å²) in [5, 5.41) is 8.73. The molecule has 1 aliphatic heterocycles. The number of rotatable bonds is 2. The van der Waals surface area contributed by atoms with Crippen LogP contribution in [0.1, 0.15) is 27.2 Å². The standard InChI is InChI=1S/C10H20O3/c1-10(2,3)9-12-6-8(4-5-11)7-13-9/h8-9,11H,4-7H2,1-3H3. The van der Waals surface area contributed by atoms with Crippen LogP contribution in [0, 0.1) is 11.3 Å². The highest BCUT2D eigenvalue weighted by Gasteiger charge is 2.31. The normalized spacial score (nSPS) is 30.5. The zero-order valence-corrected chi connectivity index (χ0v) is 8.75. The first-order valence-electron chi connectivity index (χ1n) is 4.88. The summed E-state index contributed by atoms with van der Waals surface area (Å²) in [5.74, 6) is 0.364. The molecule has 0 aromatic carbocycles. The summed E-state index contributed by atoms with van der Waals surface area (Å²) in [6.07, 6.45) is 0.680. The van der Waals surface area contributed by atoms with Crippen molar-refractivity contribution in [2.45, 2.75) is 33.5 Å². The fraction of sp³-hybridized carbons (Fsp3) is 1.00. The van der Waals surface area contributed by atoms with Crippen LogP contribution in [0.25, 0.3) is 0 Å². The molecule has 0 spiro atoms. The molecular weight excluding hydrogens is 168 g/mol. The van der Waals surface area contributed by atoms with Crippen LogP contribution in [-0.4, -0.2) is 31.2 Å². The second-order valence-corrected chi connectivity index (χ2v) is 4.74. The number of hydrogen-bond acceptors (Lipinski definition) is 3. The monoisotopic (exact) mass is 188 g/mol. The molecule has 0 unspecified atom stereocenters. The smallest absolute Gasteiger partial charge is 0.162 e. The molecule has 0 bridgehead atoms. The van der Waals surface area contributed by atoms with Crippen molar-refractivity contribution in [1.29, 1.82) is 0 Å². The largest absolute Gasteiger partial charge is 0.396 e. The van der Waals surface area contributed by atoms with Gasteiger partial charge in [-0.3, -0.25) is 0 Å². The van der Waals surface area contributed by atoms with Crippen molar-refractivity contribution in [3.8, 4) is 0 Å². The van der Waals surface area contributed by atoms with Gasteiger partial charge in [0, 0.05) is 17.9 Å². The van der Waals surface area contributed by atoms with E-state index in [1.54, 1.807) is 0 Å². The highest BCUT2D eigenvalue weighted by atomic mass is 16.7. The average Bonchev–Trinajstić information content (AvgIpc) is 2.04. The zero-order chi connectivity index (χ0) is 9.90. The number of aliphatic hydroxyl groups excluding tert-OH is 1. The van der Waals surface area contributed by atoms with E-state index in [9.17, 15) is 0 Å². The summed E-state index contributed by atoms with van der Waals surface area (Å²) < 4.78 is 11.1. The lowest BCUT2D eigenvalue weighted by molar-refractivity contribution is -0.243. The van der Waals surface area contributed by atoms with Gasteiger partial charge in [-0.05, 0) is 6.42 Å². The Morgan fingerprint density at radius 3 is 2.15 bits per heavy atom. The molecule has 1 saturated heterocycles. The minimum absolute atomic E-state index is 0.0458. The maximum Gasteiger partial charge on any atom is 0.162 e. The van der Waals surface area contributed by atoms with E-state index in [-0.39, 0.29) is 18.3 Å². The van der Waals surface area contributed by atoms with Crippen LogP contribution >= 0.6 is 0 Å². The van der Waals surface area contributed by atoms with Gasteiger partial charge in [-0.1, -0.05) is 20.8 Å². The lowest BCUT2D eigenvalue weighted by Crippen LogP contribution is -2.40. The van der Waals surface area contributed by atoms with Crippen LogP contribution in [0.3, 0.4) is 0 Å². The predicted octanol–water partition coefficient (Wildman–Crippen LogP) is 1.40. The first-order chi connectivity index (χ1) is 6.04. The molecule has 0 aromatic heterocycles. The third kappa shape index (κ3) is 3.25. The van der Waals surface area contributed by atoms with Crippen molar-refractivity contribution in [3.63, 3.8) is 0 Å². The molecule has 1 aliphatic rings. The van der Waals surface area contributed by atoms with Crippen LogP contribution in [0.5, 0.6) is 0 Å². The van der Waals surface area contributed by atoms with Gasteiger partial charge >= 0.3 is 0 Å². The van der Waals surface area contributed by atoms with E-state index in [0.29, 0.717) is 19.1 Å². The lowest BCUT2D eigenvalue weighted by Gasteiger charge is -2.36. The summed E-state index contributed by atoms with van der Waals surface area (Å²) in [6, 6.07) is 0. The Morgan fingerprint density at radius 1 is 1.23 bits per heavy atom. The zero-order valence-electron chi connectivity index (χ0n) is 8.75. The van der Waals surface area contributed by atoms with Gasteiger partial charge in [-0.15, -0.1) is 0 Å². The highest BCUT2D eigenvalue weighted by Crippen LogP contribution is 2.27. The van der Waals surface area contributed by atoms with E-state index < -0.39 is 0 Å². The van der Waals surface area contributed by atoms with E-state index in [0.717, 1.165) is 6.42 Å². The van der Waals surface area contributed by atoms with Crippen LogP contribution in [-0.2, 0) is 9.47 Å². The Bertz CT molecular complexity index is 143. The van der Waals surface area contributed by atoms with Gasteiger partial charge < -0.3 is 14.6 Å². The maximum atomic E-state index is 8.73. The molecule has 0 aliphatic carbocycles. The summed E-state index contributed by atoms with van der Waals surface area (Å²) in [7, 11) is 0. The molecule has 3 nitrogen and oxygen atoms in total. The number of hydrogen-bond donors (Lipinski definition) is 1. The fourth-order valence-corrected chi connectivity index (χ4v) is 1.39. The molecular formula is C10H20O3. The van der Waals surface area contributed by atoms with Crippen molar-refractivity contribution in [2.24, 2.45) is 11.3 Å². The molecule has 1 heterocycles. The molecule has 3 heteroatoms. The molecule has 1 fully saturated rings. The summed E-state index contributed by atoms with van der Waals surface area (Å²) in [5.41, 5.74) is 0.0458. The Labute approximate surface area is 80.0 Å². The first-order valence-corrected chi connectivity index (χ1v) is 4.88. The topological polar surface area (TPSA) is 38.7 Å². The van der Waals surface area contributed by atoms with Crippen LogP contribution in [0.4, 0.5) is 0 Å². The minimum Gasteiger partial charge on any atom is -0.396 e. The van der Waals surface area contributed by atoms with E-state index in [2.05, 4.69) is 20.8 Å². The Kier molecular flexibility index (Phi) is 3.71. The van der Waals surface area contributed by atoms with Crippen molar-refractivity contribution >= 4 is 0 Å². The van der Waals surface area contributed by atoms with Crippen molar-refractivity contribution in [1.82, 2.24) is 0 Å². The fourth-order valence-electron chi connectivity index (χ4n) is 1.39. The van der Waals surface area contributed by atoms with E-state index in [4.69, 9.17) is 14.6 Å². The molecule has 1 rings (SSSR count). The molecule has 0 saturated carbocycles. The van der Waals surface area contributed by atoms with Gasteiger partial charge in [-0.2, -0.15) is 0 Å². The molecule has 0 atom stereocenters. The van der Waals surface area contributed by atoms with Crippen LogP contribution in [0.15, 0.2) is 0 Å². The van der Waals surface area contributed by atoms with Crippen LogP contribution < -0.4 is 0 Å². The highest BCUT2D eigenvalue weighted by molar-refractivity contribution is 4.71. The Balaban J connectivity index is 2.30. The number of ether oxygens (including phenoxy) is 2. The Hall–Kier alpha value is -0.120. The molecule has 78 valence electrons. The van der Waals surface area contributed by atoms with Crippen LogP contribution in [0.2, 0.25) is 0 Å². The van der Waals surface area contributed by atoms with Gasteiger partial charge in [0.15, 0.2) is 6.29 Å². The Morgan fingerprint density at radius 2 is 1.77 bits per heavy atom. The van der Waals surface area contributed by atoms with E-state index >= 15 is 0 Å². The van der Waals surface area contributed by atoms with Gasteiger partial charge in [0.05, 0.1) is 13.2 Å². The second kappa shape index (κ2) is 4.40. The number of aliphatic hydroxyl groups is 1. The van der Waals surface area contributed by atoms with E-state index in [1.165, 1.54) is 0 Å². The molecule has 0 amide bonds. The van der Waals surface area contributed by atoms with E-state index in [1.807, 2.05) is 0 Å². The van der Waals surface area contributed by atoms with Crippen molar-refractivity contribution in [3.05, 3.63) is 0 Å². The molecule has 0 radical (unpaired) electrons. The second-order valence-electron chi connectivity index (χ2n) is 4.74. The van der Waals surface area contributed by atoms with Gasteiger partial charge in [0.2, 0.25) is 0 Å². The lowest BCUT2D eigenvalue weighted by atomic mass is 9.95. The summed E-state index contributed by atoms with van der Waals surface area (Å²) in [4.78, 5) is 0. The maximum absolute atomic E-state index is 8.73. The molecule has 1 N–H and O–H groups in total. The van der Waals surface area contributed by atoms with Gasteiger partial charge in [-0.25, -0.2) is 0 Å². The van der Waals surface area contributed by atoms with Crippen molar-refractivity contribution < 1.29 is 14.6 Å². The summed E-state index contributed by atoms with van der Waals surface area (Å²) >= 11 is 0. The quantitative estimate of drug-likeness (QED) is 0.712.